The molecule has 12 heteroatoms. The largest absolute Gasteiger partial charge is 0.508 e. The molecule has 8 nitrogen and oxygen atoms in total. The number of aryl methyl sites for hydroxylation is 1. The number of benzene rings is 2. The lowest BCUT2D eigenvalue weighted by atomic mass is 9.87. The highest BCUT2D eigenvalue weighted by Gasteiger charge is 2.44. The third-order valence-corrected chi connectivity index (χ3v) is 10.3. The second-order valence-corrected chi connectivity index (χ2v) is 13.4. The molecular formula is C36H38F4N6O2. The van der Waals surface area contributed by atoms with Gasteiger partial charge in [0, 0.05) is 49.6 Å². The second kappa shape index (κ2) is 12.7. The summed E-state index contributed by atoms with van der Waals surface area (Å²) < 4.78 is 65.0. The summed E-state index contributed by atoms with van der Waals surface area (Å²) in [5, 5.41) is 15.3. The van der Waals surface area contributed by atoms with E-state index in [0.29, 0.717) is 67.7 Å². The van der Waals surface area contributed by atoms with Crippen LogP contribution in [-0.4, -0.2) is 82.8 Å². The first-order chi connectivity index (χ1) is 23.1. The first-order valence-electron chi connectivity index (χ1n) is 16.5. The Morgan fingerprint density at radius 1 is 1.19 bits per heavy atom. The van der Waals surface area contributed by atoms with Gasteiger partial charge in [-0.25, -0.2) is 22.5 Å². The van der Waals surface area contributed by atoms with E-state index in [2.05, 4.69) is 32.9 Å². The van der Waals surface area contributed by atoms with E-state index in [9.17, 15) is 18.3 Å². The van der Waals surface area contributed by atoms with Gasteiger partial charge in [0.05, 0.1) is 22.2 Å². The summed E-state index contributed by atoms with van der Waals surface area (Å²) in [5.41, 5.74) is 0.0736. The second-order valence-electron chi connectivity index (χ2n) is 13.4. The normalized spacial score (nSPS) is 22.7. The van der Waals surface area contributed by atoms with E-state index in [1.54, 1.807) is 0 Å². The lowest BCUT2D eigenvalue weighted by Crippen LogP contribution is -2.51. The van der Waals surface area contributed by atoms with E-state index < -0.39 is 23.6 Å². The minimum absolute atomic E-state index is 0.00392. The average molecular weight is 663 g/mol. The molecule has 0 amide bonds. The number of nitrogens with one attached hydrogen (secondary N) is 1. The molecule has 3 aliphatic heterocycles. The van der Waals surface area contributed by atoms with E-state index >= 15 is 4.39 Å². The van der Waals surface area contributed by atoms with E-state index in [1.165, 1.54) is 24.3 Å². The van der Waals surface area contributed by atoms with Crippen LogP contribution in [0.5, 0.6) is 11.8 Å². The quantitative estimate of drug-likeness (QED) is 0.174. The van der Waals surface area contributed by atoms with Crippen molar-refractivity contribution in [3.8, 4) is 35.4 Å². The first-order valence-corrected chi connectivity index (χ1v) is 16.5. The summed E-state index contributed by atoms with van der Waals surface area (Å²) in [5.74, 6) is 1.19. The Kier molecular flexibility index (Phi) is 8.54. The van der Waals surface area contributed by atoms with Crippen molar-refractivity contribution < 1.29 is 27.4 Å². The summed E-state index contributed by atoms with van der Waals surface area (Å²) >= 11 is 0. The maximum Gasteiger partial charge on any atom is 0.319 e. The molecule has 0 bridgehead atoms. The lowest BCUT2D eigenvalue weighted by Gasteiger charge is -2.37. The van der Waals surface area contributed by atoms with Crippen molar-refractivity contribution in [3.63, 3.8) is 0 Å². The Morgan fingerprint density at radius 2 is 2.02 bits per heavy atom. The number of rotatable bonds is 8. The van der Waals surface area contributed by atoms with Gasteiger partial charge in [0.1, 0.15) is 35.2 Å². The van der Waals surface area contributed by atoms with Crippen LogP contribution in [0.1, 0.15) is 50.3 Å². The Hall–Kier alpha value is -4.21. The van der Waals surface area contributed by atoms with Crippen LogP contribution in [0.25, 0.3) is 32.9 Å². The summed E-state index contributed by atoms with van der Waals surface area (Å²) in [4.78, 5) is 18.6. The fraction of sp³-hybridized carbons (Fsp3) is 0.472. The predicted molar refractivity (Wildman–Crippen MR) is 177 cm³/mol. The summed E-state index contributed by atoms with van der Waals surface area (Å²) in [7, 11) is 1.93. The number of piperazine rings is 1. The third-order valence-electron chi connectivity index (χ3n) is 10.3. The number of ether oxygens (including phenoxy) is 1. The van der Waals surface area contributed by atoms with Crippen molar-refractivity contribution in [2.24, 2.45) is 5.92 Å². The number of halogens is 4. The van der Waals surface area contributed by atoms with Crippen molar-refractivity contribution in [2.45, 2.75) is 63.5 Å². The third kappa shape index (κ3) is 5.56. The standard InChI is InChI=1S/C36H38F4N6O2/c1-4-10-36(16-20(13-28(38)39)18-45(36)3)19-48-35-43-33-30-27(9-7-22-17-41-11-12-46(22)34(30)44-35)42-32(31(33)40)25-15-23(47)14-21-6-8-26(37)24(5-2)29(21)25/h2,6,8,14-15,20,22,28,41,47H,4,7,9-13,16-19H2,1,3H3/t20?,22-,36?/m1/s1. The van der Waals surface area contributed by atoms with Crippen LogP contribution >= 0.6 is 0 Å². The number of alkyl halides is 2. The SMILES string of the molecule is C#Cc1c(F)ccc2cc(O)cc(-c3nc4c5c(nc(OCC6(CCC)CC(CC(F)F)CN6C)nc5c3F)N3CCNC[C@H]3CC4)c12. The fourth-order valence-corrected chi connectivity index (χ4v) is 8.14. The predicted octanol–water partition coefficient (Wildman–Crippen LogP) is 6.06. The highest BCUT2D eigenvalue weighted by atomic mass is 19.3. The van der Waals surface area contributed by atoms with Crippen molar-refractivity contribution >= 4 is 27.5 Å². The zero-order valence-corrected chi connectivity index (χ0v) is 27.0. The molecule has 2 fully saturated rings. The fourth-order valence-electron chi connectivity index (χ4n) is 8.14. The number of nitrogens with zero attached hydrogens (tertiary/aromatic N) is 5. The van der Waals surface area contributed by atoms with Crippen molar-refractivity contribution in [2.75, 3.05) is 44.7 Å². The number of terminal acetylenes is 1. The summed E-state index contributed by atoms with van der Waals surface area (Å²) in [6, 6.07) is 5.54. The number of pyridine rings is 1. The van der Waals surface area contributed by atoms with Crippen molar-refractivity contribution in [3.05, 3.63) is 47.2 Å². The number of likely N-dealkylation sites (N-methyl/N-ethyl adjacent to an activating group) is 1. The van der Waals surface area contributed by atoms with E-state index in [4.69, 9.17) is 21.1 Å². The van der Waals surface area contributed by atoms with Gasteiger partial charge in [-0.1, -0.05) is 25.3 Å². The zero-order chi connectivity index (χ0) is 33.7. The Balaban J connectivity index is 1.39. The monoisotopic (exact) mass is 662 g/mol. The molecule has 2 saturated heterocycles. The minimum Gasteiger partial charge on any atom is -0.508 e. The number of aromatic nitrogens is 3. The van der Waals surface area contributed by atoms with Gasteiger partial charge in [-0.05, 0) is 62.2 Å². The lowest BCUT2D eigenvalue weighted by molar-refractivity contribution is 0.0821. The van der Waals surface area contributed by atoms with Crippen LogP contribution in [0.3, 0.4) is 0 Å². The van der Waals surface area contributed by atoms with E-state index in [0.717, 1.165) is 12.8 Å². The number of aromatic hydroxyl groups is 1. The van der Waals surface area contributed by atoms with Crippen LogP contribution in [-0.2, 0) is 6.42 Å². The van der Waals surface area contributed by atoms with Gasteiger partial charge in [0.25, 0.3) is 0 Å². The Labute approximate surface area is 276 Å². The molecule has 2 aromatic heterocycles. The van der Waals surface area contributed by atoms with Crippen LogP contribution in [0.15, 0.2) is 24.3 Å². The molecule has 0 radical (unpaired) electrons. The number of hydrogen-bond donors (Lipinski definition) is 2. The molecular weight excluding hydrogens is 624 g/mol. The van der Waals surface area contributed by atoms with Gasteiger partial charge in [-0.2, -0.15) is 9.97 Å². The molecule has 0 aliphatic carbocycles. The van der Waals surface area contributed by atoms with Gasteiger partial charge in [0.15, 0.2) is 5.82 Å². The molecule has 48 heavy (non-hydrogen) atoms. The molecule has 0 spiro atoms. The molecule has 252 valence electrons. The van der Waals surface area contributed by atoms with Crippen LogP contribution in [0.2, 0.25) is 0 Å². The molecule has 7 rings (SSSR count). The summed E-state index contributed by atoms with van der Waals surface area (Å²) in [6.45, 7) is 4.80. The smallest absolute Gasteiger partial charge is 0.319 e. The van der Waals surface area contributed by atoms with Crippen LogP contribution in [0, 0.1) is 29.9 Å². The van der Waals surface area contributed by atoms with Gasteiger partial charge < -0.3 is 20.1 Å². The molecule has 3 atom stereocenters. The molecule has 3 aliphatic rings. The maximum atomic E-state index is 17.0. The van der Waals surface area contributed by atoms with Gasteiger partial charge >= 0.3 is 6.01 Å². The zero-order valence-electron chi connectivity index (χ0n) is 27.0. The molecule has 2 N–H and O–H groups in total. The topological polar surface area (TPSA) is 86.6 Å². The Bertz CT molecular complexity index is 1930. The first kappa shape index (κ1) is 32.3. The number of phenolic OH excluding ortho intramolecular Hbond substituents is 1. The van der Waals surface area contributed by atoms with Gasteiger partial charge in [-0.3, -0.25) is 4.90 Å². The minimum atomic E-state index is -2.38. The number of fused-ring (bicyclic) bond motifs is 3. The van der Waals surface area contributed by atoms with Gasteiger partial charge in [0.2, 0.25) is 6.43 Å². The van der Waals surface area contributed by atoms with Gasteiger partial charge in [-0.15, -0.1) is 6.42 Å². The highest BCUT2D eigenvalue weighted by molar-refractivity contribution is 6.03. The average Bonchev–Trinajstić information content (AvgIpc) is 3.26. The molecule has 2 aromatic carbocycles. The number of likely N-dealkylation sites (tertiary alicyclic amines) is 1. The van der Waals surface area contributed by atoms with Crippen molar-refractivity contribution in [1.82, 2.24) is 25.2 Å². The summed E-state index contributed by atoms with van der Waals surface area (Å²) in [6.07, 6.45) is 6.50. The van der Waals surface area contributed by atoms with Crippen LogP contribution in [0.4, 0.5) is 23.4 Å². The van der Waals surface area contributed by atoms with E-state index in [1.807, 2.05) is 7.05 Å². The molecule has 4 aromatic rings. The highest BCUT2D eigenvalue weighted by Crippen LogP contribution is 2.43. The van der Waals surface area contributed by atoms with Crippen LogP contribution < -0.4 is 15.0 Å². The maximum absolute atomic E-state index is 17.0. The Morgan fingerprint density at radius 3 is 2.79 bits per heavy atom. The molecule has 5 heterocycles. The molecule has 0 saturated carbocycles. The molecule has 2 unspecified atom stereocenters. The number of hydrogen-bond acceptors (Lipinski definition) is 8. The number of anilines is 1. The van der Waals surface area contributed by atoms with E-state index in [-0.39, 0.29) is 64.5 Å². The number of phenols is 1. The van der Waals surface area contributed by atoms with Crippen molar-refractivity contribution in [1.29, 1.82) is 0 Å².